The first-order chi connectivity index (χ1) is 8.74. The number of hydrogen-bond donors (Lipinski definition) is 1. The fraction of sp³-hybridized carbons (Fsp3) is 0.571. The van der Waals surface area contributed by atoms with Crippen molar-refractivity contribution < 1.29 is 9.47 Å². The van der Waals surface area contributed by atoms with Crippen LogP contribution in [-0.4, -0.2) is 25.4 Å². The molecule has 0 spiro atoms. The van der Waals surface area contributed by atoms with Gasteiger partial charge in [-0.25, -0.2) is 0 Å². The Labute approximate surface area is 112 Å². The van der Waals surface area contributed by atoms with Gasteiger partial charge in [0.05, 0.1) is 12.7 Å². The lowest BCUT2D eigenvalue weighted by atomic mass is 10.1. The summed E-state index contributed by atoms with van der Waals surface area (Å²) in [7, 11) is 0. The summed E-state index contributed by atoms with van der Waals surface area (Å²) in [6.07, 6.45) is 2.33. The molecule has 0 aliphatic carbocycles. The molecule has 0 radical (unpaired) electrons. The highest BCUT2D eigenvalue weighted by Gasteiger charge is 2.24. The molecule has 1 aromatic carbocycles. The zero-order valence-electron chi connectivity index (χ0n) is 10.5. The Balaban J connectivity index is 1.73. The van der Waals surface area contributed by atoms with Gasteiger partial charge in [0.15, 0.2) is 0 Å². The summed E-state index contributed by atoms with van der Waals surface area (Å²) in [4.78, 5) is 0. The van der Waals surface area contributed by atoms with Crippen LogP contribution in [0.1, 0.15) is 24.5 Å². The Morgan fingerprint density at radius 3 is 3.06 bits per heavy atom. The van der Waals surface area contributed by atoms with Crippen LogP contribution in [0.2, 0.25) is 5.02 Å². The Bertz CT molecular complexity index is 450. The number of nitrogens with one attached hydrogen (secondary N) is 1. The summed E-state index contributed by atoms with van der Waals surface area (Å²) in [6.45, 7) is 4.53. The summed E-state index contributed by atoms with van der Waals surface area (Å²) in [6, 6.07) is 4.44. The second kappa shape index (κ2) is 5.08. The first kappa shape index (κ1) is 12.3. The molecule has 0 saturated carbocycles. The highest BCUT2D eigenvalue weighted by Crippen LogP contribution is 2.33. The molecule has 1 saturated heterocycles. The van der Waals surface area contributed by atoms with Gasteiger partial charge in [-0.05, 0) is 31.0 Å². The third-order valence-electron chi connectivity index (χ3n) is 3.76. The Hall–Kier alpha value is -0.770. The fourth-order valence-corrected chi connectivity index (χ4v) is 2.98. The monoisotopic (exact) mass is 267 g/mol. The second-order valence-electron chi connectivity index (χ2n) is 5.00. The van der Waals surface area contributed by atoms with Crippen LogP contribution in [0.3, 0.4) is 0 Å². The van der Waals surface area contributed by atoms with Crippen molar-refractivity contribution in [1.82, 2.24) is 5.32 Å². The van der Waals surface area contributed by atoms with Crippen molar-refractivity contribution >= 4 is 11.6 Å². The van der Waals surface area contributed by atoms with Gasteiger partial charge < -0.3 is 14.8 Å². The molecule has 0 bridgehead atoms. The maximum atomic E-state index is 6.14. The van der Waals surface area contributed by atoms with Crippen molar-refractivity contribution in [3.63, 3.8) is 0 Å². The van der Waals surface area contributed by atoms with Crippen molar-refractivity contribution in [2.45, 2.75) is 38.5 Å². The van der Waals surface area contributed by atoms with Crippen LogP contribution >= 0.6 is 11.6 Å². The van der Waals surface area contributed by atoms with E-state index in [4.69, 9.17) is 21.1 Å². The van der Waals surface area contributed by atoms with Gasteiger partial charge in [-0.1, -0.05) is 11.6 Å². The van der Waals surface area contributed by atoms with E-state index in [9.17, 15) is 0 Å². The molecular formula is C14H18ClNO2. The molecular weight excluding hydrogens is 250 g/mol. The van der Waals surface area contributed by atoms with Gasteiger partial charge in [0.25, 0.3) is 0 Å². The molecule has 3 nitrogen and oxygen atoms in total. The molecule has 2 aliphatic heterocycles. The number of fused-ring (bicyclic) bond motifs is 1. The lowest BCUT2D eigenvalue weighted by Crippen LogP contribution is -2.34. The molecule has 0 aromatic heterocycles. The first-order valence-corrected chi connectivity index (χ1v) is 6.91. The quantitative estimate of drug-likeness (QED) is 0.913. The lowest BCUT2D eigenvalue weighted by Gasteiger charge is -2.17. The van der Waals surface area contributed by atoms with Crippen LogP contribution in [0.15, 0.2) is 12.1 Å². The molecule has 2 atom stereocenters. The van der Waals surface area contributed by atoms with E-state index >= 15 is 0 Å². The highest BCUT2D eigenvalue weighted by atomic mass is 35.5. The molecule has 0 amide bonds. The lowest BCUT2D eigenvalue weighted by molar-refractivity contribution is 0.113. The van der Waals surface area contributed by atoms with E-state index in [1.54, 1.807) is 0 Å². The maximum absolute atomic E-state index is 6.14. The van der Waals surface area contributed by atoms with Gasteiger partial charge in [-0.15, -0.1) is 0 Å². The summed E-state index contributed by atoms with van der Waals surface area (Å²) in [5.74, 6) is 1.03. The first-order valence-electron chi connectivity index (χ1n) is 6.53. The highest BCUT2D eigenvalue weighted by molar-refractivity contribution is 6.30. The predicted molar refractivity (Wildman–Crippen MR) is 71.3 cm³/mol. The van der Waals surface area contributed by atoms with E-state index < -0.39 is 0 Å². The Kier molecular flexibility index (Phi) is 3.46. The fourth-order valence-electron chi connectivity index (χ4n) is 2.72. The maximum Gasteiger partial charge on any atom is 0.127 e. The van der Waals surface area contributed by atoms with Crippen molar-refractivity contribution in [2.75, 3.05) is 13.2 Å². The van der Waals surface area contributed by atoms with Gasteiger partial charge >= 0.3 is 0 Å². The predicted octanol–water partition coefficient (Wildman–Crippen LogP) is 2.54. The van der Waals surface area contributed by atoms with Crippen LogP contribution in [0.25, 0.3) is 0 Å². The molecule has 1 fully saturated rings. The average molecular weight is 268 g/mol. The Morgan fingerprint density at radius 1 is 1.39 bits per heavy atom. The van der Waals surface area contributed by atoms with Crippen molar-refractivity contribution in [2.24, 2.45) is 0 Å². The molecule has 1 aromatic rings. The van der Waals surface area contributed by atoms with Crippen LogP contribution in [0, 0.1) is 0 Å². The summed E-state index contributed by atoms with van der Waals surface area (Å²) < 4.78 is 11.2. The van der Waals surface area contributed by atoms with Crippen molar-refractivity contribution in [1.29, 1.82) is 0 Å². The van der Waals surface area contributed by atoms with Gasteiger partial charge in [0, 0.05) is 36.2 Å². The number of halogens is 1. The standard InChI is InChI=1S/C14H18ClNO2/c1-9-13(3-5-17-9)16-8-11-7-12(15)6-10-2-4-18-14(10)11/h6-7,9,13,16H,2-5,8H2,1H3. The number of rotatable bonds is 3. The minimum Gasteiger partial charge on any atom is -0.493 e. The topological polar surface area (TPSA) is 30.5 Å². The van der Waals surface area contributed by atoms with E-state index in [2.05, 4.69) is 12.2 Å². The van der Waals surface area contributed by atoms with E-state index in [0.29, 0.717) is 6.04 Å². The van der Waals surface area contributed by atoms with Crippen LogP contribution in [-0.2, 0) is 17.7 Å². The molecule has 3 rings (SSSR count). The largest absolute Gasteiger partial charge is 0.493 e. The van der Waals surface area contributed by atoms with Crippen molar-refractivity contribution in [3.05, 3.63) is 28.3 Å². The van der Waals surface area contributed by atoms with Gasteiger partial charge in [0.1, 0.15) is 5.75 Å². The molecule has 1 N–H and O–H groups in total. The summed E-state index contributed by atoms with van der Waals surface area (Å²) in [5.41, 5.74) is 2.39. The zero-order chi connectivity index (χ0) is 12.5. The molecule has 98 valence electrons. The van der Waals surface area contributed by atoms with E-state index in [1.807, 2.05) is 12.1 Å². The third kappa shape index (κ3) is 2.35. The van der Waals surface area contributed by atoms with Crippen molar-refractivity contribution in [3.8, 4) is 5.75 Å². The Morgan fingerprint density at radius 2 is 2.28 bits per heavy atom. The van der Waals surface area contributed by atoms with Gasteiger partial charge in [0.2, 0.25) is 0 Å². The number of hydrogen-bond acceptors (Lipinski definition) is 3. The molecule has 18 heavy (non-hydrogen) atoms. The molecule has 4 heteroatoms. The minimum absolute atomic E-state index is 0.290. The molecule has 2 heterocycles. The van der Waals surface area contributed by atoms with E-state index in [-0.39, 0.29) is 6.10 Å². The normalized spacial score (nSPS) is 26.1. The second-order valence-corrected chi connectivity index (χ2v) is 5.44. The SMILES string of the molecule is CC1OCCC1NCc1cc(Cl)cc2c1OCC2. The van der Waals surface area contributed by atoms with E-state index in [1.165, 1.54) is 5.56 Å². The number of ether oxygens (including phenoxy) is 2. The molecule has 2 aliphatic rings. The summed E-state index contributed by atoms with van der Waals surface area (Å²) in [5, 5.41) is 4.34. The molecule has 2 unspecified atom stereocenters. The average Bonchev–Trinajstić information content (AvgIpc) is 2.94. The smallest absolute Gasteiger partial charge is 0.127 e. The van der Waals surface area contributed by atoms with E-state index in [0.717, 1.165) is 48.9 Å². The minimum atomic E-state index is 0.290. The van der Waals surface area contributed by atoms with Gasteiger partial charge in [-0.2, -0.15) is 0 Å². The third-order valence-corrected chi connectivity index (χ3v) is 3.97. The zero-order valence-corrected chi connectivity index (χ0v) is 11.3. The summed E-state index contributed by atoms with van der Waals surface area (Å²) >= 11 is 6.14. The van der Waals surface area contributed by atoms with Crippen LogP contribution < -0.4 is 10.1 Å². The van der Waals surface area contributed by atoms with Crippen LogP contribution in [0.5, 0.6) is 5.75 Å². The number of benzene rings is 1. The van der Waals surface area contributed by atoms with Crippen LogP contribution in [0.4, 0.5) is 0 Å². The van der Waals surface area contributed by atoms with Gasteiger partial charge in [-0.3, -0.25) is 0 Å².